The molecule has 0 radical (unpaired) electrons. The SMILES string of the molecule is N#Cc1cccc(S(=O)(=O)CC2CC(Nc3c(-c4ccncn4)cnc4[nH]ccc34)C2)c1. The quantitative estimate of drug-likeness (QED) is 0.466. The van der Waals surface area contributed by atoms with E-state index in [2.05, 4.69) is 25.3 Å². The molecule has 0 spiro atoms. The second-order valence-corrected chi connectivity index (χ2v) is 10.0. The van der Waals surface area contributed by atoms with E-state index in [0.717, 1.165) is 40.8 Å². The molecule has 1 aliphatic carbocycles. The molecule has 160 valence electrons. The highest BCUT2D eigenvalue weighted by Crippen LogP contribution is 2.38. The lowest BCUT2D eigenvalue weighted by Crippen LogP contribution is -2.39. The molecule has 4 aromatic rings. The first-order valence-electron chi connectivity index (χ1n) is 10.3. The molecule has 2 N–H and O–H groups in total. The van der Waals surface area contributed by atoms with Crippen LogP contribution in [0.5, 0.6) is 0 Å². The van der Waals surface area contributed by atoms with Gasteiger partial charge in [0.15, 0.2) is 9.84 Å². The van der Waals surface area contributed by atoms with E-state index < -0.39 is 9.84 Å². The van der Waals surface area contributed by atoms with Gasteiger partial charge in [-0.25, -0.2) is 23.4 Å². The van der Waals surface area contributed by atoms with Gasteiger partial charge in [0.05, 0.1) is 33.7 Å². The van der Waals surface area contributed by atoms with Crippen LogP contribution in [0.1, 0.15) is 18.4 Å². The number of fused-ring (bicyclic) bond motifs is 1. The summed E-state index contributed by atoms with van der Waals surface area (Å²) in [5, 5.41) is 13.6. The van der Waals surface area contributed by atoms with E-state index in [1.165, 1.54) is 12.4 Å². The molecule has 1 saturated carbocycles. The maximum Gasteiger partial charge on any atom is 0.178 e. The number of rotatable bonds is 6. The summed E-state index contributed by atoms with van der Waals surface area (Å²) in [6.07, 6.45) is 8.32. The molecule has 0 atom stereocenters. The molecule has 5 rings (SSSR count). The van der Waals surface area contributed by atoms with Gasteiger partial charge < -0.3 is 10.3 Å². The van der Waals surface area contributed by atoms with Crippen molar-refractivity contribution in [2.75, 3.05) is 11.1 Å². The number of aromatic amines is 1. The van der Waals surface area contributed by atoms with Crippen molar-refractivity contribution in [1.82, 2.24) is 19.9 Å². The molecular weight excluding hydrogens is 424 g/mol. The van der Waals surface area contributed by atoms with Crippen LogP contribution in [0.25, 0.3) is 22.3 Å². The van der Waals surface area contributed by atoms with Crippen molar-refractivity contribution in [3.63, 3.8) is 0 Å². The number of nitriles is 1. The van der Waals surface area contributed by atoms with Crippen LogP contribution in [0.15, 0.2) is 66.2 Å². The van der Waals surface area contributed by atoms with E-state index in [1.807, 2.05) is 24.4 Å². The average molecular weight is 445 g/mol. The van der Waals surface area contributed by atoms with E-state index >= 15 is 0 Å². The third-order valence-electron chi connectivity index (χ3n) is 5.81. The zero-order chi connectivity index (χ0) is 22.1. The summed E-state index contributed by atoms with van der Waals surface area (Å²) in [5.41, 5.74) is 3.71. The molecule has 0 saturated heterocycles. The Morgan fingerprint density at radius 2 is 2.06 bits per heavy atom. The Hall–Kier alpha value is -3.77. The lowest BCUT2D eigenvalue weighted by Gasteiger charge is -2.37. The first-order valence-corrected chi connectivity index (χ1v) is 11.9. The molecule has 1 fully saturated rings. The molecule has 0 amide bonds. The number of benzene rings is 1. The van der Waals surface area contributed by atoms with Gasteiger partial charge in [0.25, 0.3) is 0 Å². The minimum atomic E-state index is -3.44. The summed E-state index contributed by atoms with van der Waals surface area (Å²) in [6, 6.07) is 12.2. The number of aromatic nitrogens is 4. The van der Waals surface area contributed by atoms with Crippen molar-refractivity contribution in [2.24, 2.45) is 5.92 Å². The van der Waals surface area contributed by atoms with E-state index in [4.69, 9.17) is 5.26 Å². The van der Waals surface area contributed by atoms with E-state index in [-0.39, 0.29) is 22.6 Å². The Morgan fingerprint density at radius 3 is 2.84 bits per heavy atom. The summed E-state index contributed by atoms with van der Waals surface area (Å²) in [5.74, 6) is 0.142. The summed E-state index contributed by atoms with van der Waals surface area (Å²) < 4.78 is 25.6. The first-order chi connectivity index (χ1) is 15.5. The predicted molar refractivity (Wildman–Crippen MR) is 120 cm³/mol. The van der Waals surface area contributed by atoms with Crippen LogP contribution in [0.3, 0.4) is 0 Å². The Morgan fingerprint density at radius 1 is 1.19 bits per heavy atom. The van der Waals surface area contributed by atoms with Gasteiger partial charge in [-0.3, -0.25) is 0 Å². The Bertz CT molecular complexity index is 1420. The summed E-state index contributed by atoms with van der Waals surface area (Å²) >= 11 is 0. The van der Waals surface area contributed by atoms with Crippen molar-refractivity contribution < 1.29 is 8.42 Å². The molecule has 3 heterocycles. The Kier molecular flexibility index (Phi) is 5.07. The monoisotopic (exact) mass is 444 g/mol. The maximum atomic E-state index is 12.8. The second kappa shape index (κ2) is 8.05. The average Bonchev–Trinajstić information content (AvgIpc) is 3.27. The number of nitrogens with zero attached hydrogens (tertiary/aromatic N) is 4. The molecule has 0 aliphatic heterocycles. The topological polar surface area (TPSA) is 124 Å². The number of sulfone groups is 1. The van der Waals surface area contributed by atoms with Crippen LogP contribution in [0.2, 0.25) is 0 Å². The molecule has 32 heavy (non-hydrogen) atoms. The maximum absolute atomic E-state index is 12.8. The van der Waals surface area contributed by atoms with Crippen LogP contribution >= 0.6 is 0 Å². The molecular formula is C23H20N6O2S. The van der Waals surface area contributed by atoms with Gasteiger partial charge in [0.1, 0.15) is 12.0 Å². The van der Waals surface area contributed by atoms with Crippen molar-refractivity contribution in [2.45, 2.75) is 23.8 Å². The van der Waals surface area contributed by atoms with Gasteiger partial charge in [0, 0.05) is 35.6 Å². The summed E-state index contributed by atoms with van der Waals surface area (Å²) in [7, 11) is -3.44. The van der Waals surface area contributed by atoms with Crippen LogP contribution in [-0.2, 0) is 9.84 Å². The molecule has 0 unspecified atom stereocenters. The van der Waals surface area contributed by atoms with Gasteiger partial charge in [-0.1, -0.05) is 6.07 Å². The van der Waals surface area contributed by atoms with Gasteiger partial charge in [0.2, 0.25) is 0 Å². The molecule has 8 nitrogen and oxygen atoms in total. The van der Waals surface area contributed by atoms with Crippen molar-refractivity contribution in [3.8, 4) is 17.3 Å². The minimum Gasteiger partial charge on any atom is -0.381 e. The lowest BCUT2D eigenvalue weighted by atomic mass is 9.81. The molecule has 9 heteroatoms. The molecule has 1 aromatic carbocycles. The van der Waals surface area contributed by atoms with Gasteiger partial charge in [-0.2, -0.15) is 5.26 Å². The normalized spacial score (nSPS) is 18.1. The highest BCUT2D eigenvalue weighted by molar-refractivity contribution is 7.91. The molecule has 1 aliphatic rings. The van der Waals surface area contributed by atoms with Crippen LogP contribution in [0, 0.1) is 17.2 Å². The van der Waals surface area contributed by atoms with Crippen molar-refractivity contribution >= 4 is 26.6 Å². The standard InChI is InChI=1S/C23H20N6O2S/c24-11-15-2-1-3-18(10-15)32(30,31)13-16-8-17(9-16)29-22-19-4-7-26-23(19)27-12-20(22)21-5-6-25-14-28-21/h1-7,10,12,14,16-17H,8-9,13H2,(H2,26,27,29). The number of H-pyrrole nitrogens is 1. The third-order valence-corrected chi connectivity index (χ3v) is 7.69. The largest absolute Gasteiger partial charge is 0.381 e. The van der Waals surface area contributed by atoms with Crippen molar-refractivity contribution in [3.05, 3.63) is 66.9 Å². The van der Waals surface area contributed by atoms with Gasteiger partial charge in [-0.15, -0.1) is 0 Å². The van der Waals surface area contributed by atoms with E-state index in [0.29, 0.717) is 5.56 Å². The second-order valence-electron chi connectivity index (χ2n) is 7.98. The third kappa shape index (κ3) is 3.81. The fraction of sp³-hybridized carbons (Fsp3) is 0.217. The Balaban J connectivity index is 1.32. The molecule has 0 bridgehead atoms. The van der Waals surface area contributed by atoms with Crippen LogP contribution in [0.4, 0.5) is 5.69 Å². The number of hydrogen-bond donors (Lipinski definition) is 2. The number of hydrogen-bond acceptors (Lipinski definition) is 7. The highest BCUT2D eigenvalue weighted by Gasteiger charge is 2.34. The smallest absolute Gasteiger partial charge is 0.178 e. The van der Waals surface area contributed by atoms with Gasteiger partial charge in [-0.05, 0) is 49.1 Å². The molecule has 3 aromatic heterocycles. The number of anilines is 1. The number of nitrogens with one attached hydrogen (secondary N) is 2. The van der Waals surface area contributed by atoms with Crippen LogP contribution in [-0.4, -0.2) is 40.1 Å². The van der Waals surface area contributed by atoms with Crippen LogP contribution < -0.4 is 5.32 Å². The van der Waals surface area contributed by atoms with E-state index in [1.54, 1.807) is 30.6 Å². The van der Waals surface area contributed by atoms with Gasteiger partial charge >= 0.3 is 0 Å². The summed E-state index contributed by atoms with van der Waals surface area (Å²) in [6.45, 7) is 0. The Labute approximate surface area is 185 Å². The van der Waals surface area contributed by atoms with Crippen molar-refractivity contribution in [1.29, 1.82) is 5.26 Å². The zero-order valence-electron chi connectivity index (χ0n) is 17.1. The lowest BCUT2D eigenvalue weighted by molar-refractivity contribution is 0.311. The van der Waals surface area contributed by atoms with E-state index in [9.17, 15) is 8.42 Å². The number of pyridine rings is 1. The summed E-state index contributed by atoms with van der Waals surface area (Å²) in [4.78, 5) is 16.2. The minimum absolute atomic E-state index is 0.0642. The predicted octanol–water partition coefficient (Wildman–Crippen LogP) is 3.56. The highest BCUT2D eigenvalue weighted by atomic mass is 32.2. The zero-order valence-corrected chi connectivity index (χ0v) is 17.9. The fourth-order valence-corrected chi connectivity index (χ4v) is 5.84. The fourth-order valence-electron chi connectivity index (χ4n) is 4.17. The first kappa shape index (κ1) is 20.2.